The maximum atomic E-state index is 12.1. The van der Waals surface area contributed by atoms with Gasteiger partial charge in [-0.3, -0.25) is 14.4 Å². The van der Waals surface area contributed by atoms with Crippen molar-refractivity contribution in [3.63, 3.8) is 0 Å². The normalized spacial score (nSPS) is 10.5. The lowest BCUT2D eigenvalue weighted by Crippen LogP contribution is -2.20. The molecule has 0 aliphatic carbocycles. The first kappa shape index (κ1) is 22.0. The van der Waals surface area contributed by atoms with Crippen LogP contribution in [-0.4, -0.2) is 29.3 Å². The van der Waals surface area contributed by atoms with Gasteiger partial charge in [-0.1, -0.05) is 6.42 Å². The van der Waals surface area contributed by atoms with E-state index in [0.29, 0.717) is 24.6 Å². The molecule has 0 aliphatic heterocycles. The van der Waals surface area contributed by atoms with Crippen molar-refractivity contribution in [3.8, 4) is 10.6 Å². The minimum Gasteiger partial charge on any atom is -0.356 e. The summed E-state index contributed by atoms with van der Waals surface area (Å²) in [5.41, 5.74) is 0.870. The number of unbranched alkanes of at least 4 members (excludes halogenated alkanes) is 2. The maximum Gasteiger partial charge on any atom is 0.226 e. The fourth-order valence-corrected chi connectivity index (χ4v) is 4.43. The zero-order chi connectivity index (χ0) is 20.5. The highest BCUT2D eigenvalue weighted by Gasteiger charge is 2.14. The predicted octanol–water partition coefficient (Wildman–Crippen LogP) is 3.45. The van der Waals surface area contributed by atoms with Crippen molar-refractivity contribution in [2.24, 2.45) is 0 Å². The molecule has 3 N–H and O–H groups in total. The van der Waals surface area contributed by atoms with Gasteiger partial charge in [-0.05, 0) is 31.9 Å². The van der Waals surface area contributed by atoms with E-state index in [9.17, 15) is 14.4 Å². The van der Waals surface area contributed by atoms with Crippen LogP contribution in [0, 0.1) is 6.92 Å². The molecule has 2 heterocycles. The van der Waals surface area contributed by atoms with Gasteiger partial charge in [-0.2, -0.15) is 0 Å². The maximum absolute atomic E-state index is 12.1. The number of aryl methyl sites for hydroxylation is 1. The van der Waals surface area contributed by atoms with Gasteiger partial charge in [0.1, 0.15) is 0 Å². The summed E-state index contributed by atoms with van der Waals surface area (Å²) in [4.78, 5) is 41.6. The molecule has 0 saturated carbocycles. The number of amides is 3. The number of hydrogen-bond acceptors (Lipinski definition) is 6. The van der Waals surface area contributed by atoms with Crippen molar-refractivity contribution in [2.75, 3.05) is 11.9 Å². The van der Waals surface area contributed by atoms with Crippen molar-refractivity contribution in [2.45, 2.75) is 53.0 Å². The van der Waals surface area contributed by atoms with Crippen molar-refractivity contribution < 1.29 is 14.4 Å². The summed E-state index contributed by atoms with van der Waals surface area (Å²) in [5, 5.41) is 9.01. The van der Waals surface area contributed by atoms with Gasteiger partial charge in [0.2, 0.25) is 17.7 Å². The van der Waals surface area contributed by atoms with Gasteiger partial charge in [0.05, 0.1) is 17.1 Å². The lowest BCUT2D eigenvalue weighted by molar-refractivity contribution is -0.119. The number of thiophene rings is 1. The Hall–Kier alpha value is -2.26. The number of carbonyl (C=O) groups is 3. The Morgan fingerprint density at radius 1 is 1.00 bits per heavy atom. The van der Waals surface area contributed by atoms with Crippen molar-refractivity contribution in [1.82, 2.24) is 15.6 Å². The van der Waals surface area contributed by atoms with Crippen LogP contribution in [0.15, 0.2) is 12.1 Å². The zero-order valence-corrected chi connectivity index (χ0v) is 18.0. The van der Waals surface area contributed by atoms with Gasteiger partial charge in [0.25, 0.3) is 0 Å². The molecule has 0 bridgehead atoms. The SMILES string of the molecule is CC(=O)NCCCCCC(=O)Nc1nc(-c2ccc(CNC(C)=O)s2)c(C)s1. The highest BCUT2D eigenvalue weighted by molar-refractivity contribution is 7.18. The fraction of sp³-hybridized carbons (Fsp3) is 0.474. The Balaban J connectivity index is 1.82. The van der Waals surface area contributed by atoms with Gasteiger partial charge < -0.3 is 16.0 Å². The topological polar surface area (TPSA) is 100 Å². The molecule has 9 heteroatoms. The monoisotopic (exact) mass is 422 g/mol. The molecule has 0 saturated heterocycles. The van der Waals surface area contributed by atoms with E-state index in [1.54, 1.807) is 11.3 Å². The first-order valence-corrected chi connectivity index (χ1v) is 10.8. The second kappa shape index (κ2) is 10.9. The molecule has 0 radical (unpaired) electrons. The quantitative estimate of drug-likeness (QED) is 0.511. The molecule has 0 fully saturated rings. The molecule has 0 unspecified atom stereocenters. The van der Waals surface area contributed by atoms with Gasteiger partial charge in [0, 0.05) is 36.6 Å². The molecular weight excluding hydrogens is 396 g/mol. The number of nitrogens with one attached hydrogen (secondary N) is 3. The minimum atomic E-state index is -0.0556. The Morgan fingerprint density at radius 3 is 2.46 bits per heavy atom. The lowest BCUT2D eigenvalue weighted by atomic mass is 10.2. The molecule has 2 aromatic heterocycles. The average molecular weight is 423 g/mol. The molecule has 7 nitrogen and oxygen atoms in total. The molecule has 0 spiro atoms. The van der Waals surface area contributed by atoms with Crippen LogP contribution >= 0.6 is 22.7 Å². The molecule has 152 valence electrons. The fourth-order valence-electron chi connectivity index (χ4n) is 2.52. The number of nitrogens with zero attached hydrogens (tertiary/aromatic N) is 1. The van der Waals surface area contributed by atoms with E-state index in [2.05, 4.69) is 20.9 Å². The van der Waals surface area contributed by atoms with Crippen LogP contribution in [0.1, 0.15) is 49.3 Å². The Bertz CT molecular complexity index is 829. The average Bonchev–Trinajstić information content (AvgIpc) is 3.22. The number of anilines is 1. The number of aromatic nitrogens is 1. The van der Waals surface area contributed by atoms with E-state index in [0.717, 1.165) is 39.6 Å². The highest BCUT2D eigenvalue weighted by atomic mass is 32.1. The molecule has 0 atom stereocenters. The number of hydrogen-bond donors (Lipinski definition) is 3. The summed E-state index contributed by atoms with van der Waals surface area (Å²) >= 11 is 3.05. The van der Waals surface area contributed by atoms with E-state index in [1.807, 2.05) is 19.1 Å². The van der Waals surface area contributed by atoms with Gasteiger partial charge in [-0.15, -0.1) is 22.7 Å². The summed E-state index contributed by atoms with van der Waals surface area (Å²) in [6.45, 7) is 6.14. The third-order valence-electron chi connectivity index (χ3n) is 3.90. The highest BCUT2D eigenvalue weighted by Crippen LogP contribution is 2.34. The zero-order valence-electron chi connectivity index (χ0n) is 16.4. The summed E-state index contributed by atoms with van der Waals surface area (Å²) in [6.07, 6.45) is 2.97. The molecule has 0 aliphatic rings. The number of carbonyl (C=O) groups excluding carboxylic acids is 3. The molecule has 0 aromatic carbocycles. The second-order valence-electron chi connectivity index (χ2n) is 6.44. The Kier molecular flexibility index (Phi) is 8.59. The van der Waals surface area contributed by atoms with Crippen molar-refractivity contribution in [3.05, 3.63) is 21.9 Å². The Morgan fingerprint density at radius 2 is 1.75 bits per heavy atom. The van der Waals surface area contributed by atoms with Gasteiger partial charge in [0.15, 0.2) is 5.13 Å². The van der Waals surface area contributed by atoms with E-state index in [-0.39, 0.29) is 17.7 Å². The van der Waals surface area contributed by atoms with Gasteiger partial charge >= 0.3 is 0 Å². The third kappa shape index (κ3) is 7.40. The van der Waals surface area contributed by atoms with Crippen LogP contribution < -0.4 is 16.0 Å². The molecular formula is C19H26N4O3S2. The number of rotatable bonds is 10. The number of thiazole rings is 1. The first-order valence-electron chi connectivity index (χ1n) is 9.20. The molecule has 2 rings (SSSR count). The van der Waals surface area contributed by atoms with Crippen LogP contribution in [0.25, 0.3) is 10.6 Å². The lowest BCUT2D eigenvalue weighted by Gasteiger charge is -2.03. The van der Waals surface area contributed by atoms with Crippen LogP contribution in [0.5, 0.6) is 0 Å². The van der Waals surface area contributed by atoms with Crippen LogP contribution in [0.3, 0.4) is 0 Å². The summed E-state index contributed by atoms with van der Waals surface area (Å²) in [6, 6.07) is 3.97. The predicted molar refractivity (Wildman–Crippen MR) is 113 cm³/mol. The van der Waals surface area contributed by atoms with Crippen molar-refractivity contribution in [1.29, 1.82) is 0 Å². The smallest absolute Gasteiger partial charge is 0.226 e. The van der Waals surface area contributed by atoms with Gasteiger partial charge in [-0.25, -0.2) is 4.98 Å². The third-order valence-corrected chi connectivity index (χ3v) is 5.88. The second-order valence-corrected chi connectivity index (χ2v) is 8.81. The molecule has 2 aromatic rings. The van der Waals surface area contributed by atoms with Crippen molar-refractivity contribution >= 4 is 45.5 Å². The van der Waals surface area contributed by atoms with E-state index in [4.69, 9.17) is 0 Å². The summed E-state index contributed by atoms with van der Waals surface area (Å²) in [5.74, 6) is -0.127. The largest absolute Gasteiger partial charge is 0.356 e. The standard InChI is InChI=1S/C19H26N4O3S2/c1-12-18(16-9-8-15(28-16)11-21-14(3)25)23-19(27-12)22-17(26)7-5-4-6-10-20-13(2)24/h8-9H,4-7,10-11H2,1-3H3,(H,20,24)(H,21,25)(H,22,23,26). The first-order chi connectivity index (χ1) is 13.3. The minimum absolute atomic E-state index is 0.0272. The van der Waals surface area contributed by atoms with Crippen LogP contribution in [0.4, 0.5) is 5.13 Å². The van der Waals surface area contributed by atoms with Crippen LogP contribution in [0.2, 0.25) is 0 Å². The van der Waals surface area contributed by atoms with E-state index >= 15 is 0 Å². The van der Waals surface area contributed by atoms with E-state index in [1.165, 1.54) is 25.2 Å². The summed E-state index contributed by atoms with van der Waals surface area (Å²) in [7, 11) is 0. The van der Waals surface area contributed by atoms with Crippen LogP contribution in [-0.2, 0) is 20.9 Å². The Labute approximate surface area is 173 Å². The molecule has 28 heavy (non-hydrogen) atoms. The summed E-state index contributed by atoms with van der Waals surface area (Å²) < 4.78 is 0. The molecule has 3 amide bonds. The van der Waals surface area contributed by atoms with E-state index < -0.39 is 0 Å².